The Labute approximate surface area is 82.9 Å². The molecule has 76 valence electrons. The van der Waals surface area contributed by atoms with Crippen molar-refractivity contribution < 1.29 is 9.90 Å². The maximum absolute atomic E-state index is 10.5. The fourth-order valence-corrected chi connectivity index (χ4v) is 1.31. The van der Waals surface area contributed by atoms with E-state index in [1.54, 1.807) is 18.0 Å². The van der Waals surface area contributed by atoms with E-state index in [9.17, 15) is 4.79 Å². The molecule has 4 nitrogen and oxygen atoms in total. The van der Waals surface area contributed by atoms with Crippen LogP contribution in [0.1, 0.15) is 5.56 Å². The van der Waals surface area contributed by atoms with Crippen molar-refractivity contribution in [1.82, 2.24) is 0 Å². The van der Waals surface area contributed by atoms with Gasteiger partial charge < -0.3 is 15.7 Å². The van der Waals surface area contributed by atoms with Crippen LogP contribution in [-0.4, -0.2) is 24.7 Å². The van der Waals surface area contributed by atoms with E-state index in [0.29, 0.717) is 5.69 Å². The molecule has 0 saturated heterocycles. The molecule has 0 bridgehead atoms. The van der Waals surface area contributed by atoms with Gasteiger partial charge in [-0.25, -0.2) is 0 Å². The van der Waals surface area contributed by atoms with Gasteiger partial charge in [0, 0.05) is 18.4 Å². The summed E-state index contributed by atoms with van der Waals surface area (Å²) in [5.41, 5.74) is 8.15. The van der Waals surface area contributed by atoms with Crippen LogP contribution in [0.25, 0.3) is 0 Å². The average Bonchev–Trinajstić information content (AvgIpc) is 2.00. The molecule has 3 N–H and O–H groups in total. The van der Waals surface area contributed by atoms with Gasteiger partial charge in [-0.2, -0.15) is 0 Å². The Kier molecular flexibility index (Phi) is 2.96. The lowest BCUT2D eigenvalue weighted by Gasteiger charge is -2.17. The van der Waals surface area contributed by atoms with Crippen LogP contribution in [0.4, 0.5) is 11.4 Å². The smallest absolute Gasteiger partial charge is 0.323 e. The molecule has 0 atom stereocenters. The second-order valence-electron chi connectivity index (χ2n) is 3.35. The van der Waals surface area contributed by atoms with E-state index in [1.165, 1.54) is 0 Å². The monoisotopic (exact) mass is 194 g/mol. The number of aliphatic carboxylic acids is 1. The second-order valence-corrected chi connectivity index (χ2v) is 3.35. The van der Waals surface area contributed by atoms with Crippen molar-refractivity contribution in [1.29, 1.82) is 0 Å². The number of likely N-dealkylation sites (N-methyl/N-ethyl adjacent to an activating group) is 1. The van der Waals surface area contributed by atoms with Crippen molar-refractivity contribution in [3.8, 4) is 0 Å². The van der Waals surface area contributed by atoms with Crippen LogP contribution in [0.5, 0.6) is 0 Å². The topological polar surface area (TPSA) is 66.6 Å². The highest BCUT2D eigenvalue weighted by atomic mass is 16.4. The van der Waals surface area contributed by atoms with Crippen LogP contribution in [0.15, 0.2) is 18.2 Å². The lowest BCUT2D eigenvalue weighted by atomic mass is 10.2. The number of nitrogens with two attached hydrogens (primary N) is 1. The number of aryl methyl sites for hydroxylation is 1. The van der Waals surface area contributed by atoms with Gasteiger partial charge in [0.15, 0.2) is 0 Å². The fourth-order valence-electron chi connectivity index (χ4n) is 1.31. The Hall–Kier alpha value is -1.71. The van der Waals surface area contributed by atoms with E-state index in [1.807, 2.05) is 19.1 Å². The first kappa shape index (κ1) is 10.4. The van der Waals surface area contributed by atoms with Crippen LogP contribution >= 0.6 is 0 Å². The molecule has 0 fully saturated rings. The quantitative estimate of drug-likeness (QED) is 0.707. The molecule has 1 rings (SSSR count). The van der Waals surface area contributed by atoms with Crippen LogP contribution in [-0.2, 0) is 4.79 Å². The first-order valence-corrected chi connectivity index (χ1v) is 4.29. The fraction of sp³-hybridized carbons (Fsp3) is 0.300. The largest absolute Gasteiger partial charge is 0.480 e. The Bertz CT molecular complexity index is 330. The van der Waals surface area contributed by atoms with Gasteiger partial charge in [-0.05, 0) is 30.7 Å². The van der Waals surface area contributed by atoms with E-state index in [0.717, 1.165) is 11.3 Å². The summed E-state index contributed by atoms with van der Waals surface area (Å²) in [4.78, 5) is 12.1. The predicted octanol–water partition coefficient (Wildman–Crippen LogP) is 1.10. The molecule has 0 aliphatic heterocycles. The van der Waals surface area contributed by atoms with Crippen molar-refractivity contribution in [3.63, 3.8) is 0 Å². The second kappa shape index (κ2) is 4.00. The minimum atomic E-state index is -0.854. The Morgan fingerprint density at radius 1 is 1.50 bits per heavy atom. The summed E-state index contributed by atoms with van der Waals surface area (Å²) in [6.45, 7) is 1.90. The SMILES string of the molecule is Cc1cc(N)cc(N(C)CC(=O)O)c1. The normalized spacial score (nSPS) is 9.86. The number of benzene rings is 1. The number of rotatable bonds is 3. The van der Waals surface area contributed by atoms with Crippen LogP contribution < -0.4 is 10.6 Å². The molecular formula is C10H14N2O2. The molecule has 0 heterocycles. The zero-order valence-electron chi connectivity index (χ0n) is 8.32. The molecule has 0 aliphatic rings. The molecule has 1 aromatic carbocycles. The number of nitrogens with zero attached hydrogens (tertiary/aromatic N) is 1. The summed E-state index contributed by atoms with van der Waals surface area (Å²) in [6, 6.07) is 5.51. The molecule has 14 heavy (non-hydrogen) atoms. The van der Waals surface area contributed by atoms with Gasteiger partial charge in [0.05, 0.1) is 0 Å². The molecule has 0 spiro atoms. The number of carbonyl (C=O) groups is 1. The van der Waals surface area contributed by atoms with Crippen LogP contribution in [0, 0.1) is 6.92 Å². The summed E-state index contributed by atoms with van der Waals surface area (Å²) in [7, 11) is 1.72. The van der Waals surface area contributed by atoms with Gasteiger partial charge in [0.2, 0.25) is 0 Å². The Morgan fingerprint density at radius 3 is 2.64 bits per heavy atom. The molecule has 0 aromatic heterocycles. The van der Waals surface area contributed by atoms with E-state index in [4.69, 9.17) is 10.8 Å². The lowest BCUT2D eigenvalue weighted by Crippen LogP contribution is -2.25. The van der Waals surface area contributed by atoms with Gasteiger partial charge in [-0.1, -0.05) is 0 Å². The number of nitrogen functional groups attached to an aromatic ring is 1. The van der Waals surface area contributed by atoms with Gasteiger partial charge in [0.1, 0.15) is 6.54 Å². The minimum absolute atomic E-state index is 0.0249. The highest BCUT2D eigenvalue weighted by molar-refractivity contribution is 5.74. The number of carboxylic acids is 1. The zero-order chi connectivity index (χ0) is 10.7. The van der Waals surface area contributed by atoms with E-state index >= 15 is 0 Å². The third-order valence-corrected chi connectivity index (χ3v) is 1.90. The Morgan fingerprint density at radius 2 is 2.14 bits per heavy atom. The van der Waals surface area contributed by atoms with Gasteiger partial charge >= 0.3 is 5.97 Å². The average molecular weight is 194 g/mol. The standard InChI is InChI=1S/C10H14N2O2/c1-7-3-8(11)5-9(4-7)12(2)6-10(13)14/h3-5H,6,11H2,1-2H3,(H,13,14). The van der Waals surface area contributed by atoms with Gasteiger partial charge in [-0.3, -0.25) is 4.79 Å². The van der Waals surface area contributed by atoms with Crippen molar-refractivity contribution in [2.24, 2.45) is 0 Å². The van der Waals surface area contributed by atoms with Crippen LogP contribution in [0.2, 0.25) is 0 Å². The van der Waals surface area contributed by atoms with E-state index < -0.39 is 5.97 Å². The number of anilines is 2. The number of hydrogen-bond acceptors (Lipinski definition) is 3. The van der Waals surface area contributed by atoms with E-state index in [2.05, 4.69) is 0 Å². The minimum Gasteiger partial charge on any atom is -0.480 e. The third kappa shape index (κ3) is 2.65. The molecule has 0 aliphatic carbocycles. The van der Waals surface area contributed by atoms with Crippen molar-refractivity contribution >= 4 is 17.3 Å². The molecule has 4 heteroatoms. The predicted molar refractivity (Wildman–Crippen MR) is 56.5 cm³/mol. The first-order chi connectivity index (χ1) is 6.49. The van der Waals surface area contributed by atoms with Crippen molar-refractivity contribution in [2.75, 3.05) is 24.2 Å². The highest BCUT2D eigenvalue weighted by Crippen LogP contribution is 2.18. The van der Waals surface area contributed by atoms with E-state index in [-0.39, 0.29) is 6.54 Å². The molecule has 0 radical (unpaired) electrons. The van der Waals surface area contributed by atoms with Gasteiger partial charge in [-0.15, -0.1) is 0 Å². The summed E-state index contributed by atoms with van der Waals surface area (Å²) in [5.74, 6) is -0.854. The summed E-state index contributed by atoms with van der Waals surface area (Å²) >= 11 is 0. The number of hydrogen-bond donors (Lipinski definition) is 2. The molecule has 0 unspecified atom stereocenters. The van der Waals surface area contributed by atoms with Crippen LogP contribution in [0.3, 0.4) is 0 Å². The molecule has 1 aromatic rings. The molecule has 0 saturated carbocycles. The maximum Gasteiger partial charge on any atom is 0.323 e. The first-order valence-electron chi connectivity index (χ1n) is 4.29. The third-order valence-electron chi connectivity index (χ3n) is 1.90. The maximum atomic E-state index is 10.5. The van der Waals surface area contributed by atoms with Crippen molar-refractivity contribution in [3.05, 3.63) is 23.8 Å². The summed E-state index contributed by atoms with van der Waals surface area (Å²) in [6.07, 6.45) is 0. The lowest BCUT2D eigenvalue weighted by molar-refractivity contribution is -0.135. The Balaban J connectivity index is 2.89. The summed E-state index contributed by atoms with van der Waals surface area (Å²) < 4.78 is 0. The highest BCUT2D eigenvalue weighted by Gasteiger charge is 2.06. The summed E-state index contributed by atoms with van der Waals surface area (Å²) in [5, 5.41) is 8.61. The molecular weight excluding hydrogens is 180 g/mol. The zero-order valence-corrected chi connectivity index (χ0v) is 8.32. The number of carboxylic acid groups (broad SMARTS) is 1. The van der Waals surface area contributed by atoms with Crippen molar-refractivity contribution in [2.45, 2.75) is 6.92 Å². The van der Waals surface area contributed by atoms with Gasteiger partial charge in [0.25, 0.3) is 0 Å². The molecule has 0 amide bonds.